The highest BCUT2D eigenvalue weighted by Crippen LogP contribution is 3.02. The molecule has 2 rings (SSSR count). The average molecular weight is 323 g/mol. The summed E-state index contributed by atoms with van der Waals surface area (Å²) in [4.78, 5) is 9.93. The number of anilines is 1. The van der Waals surface area contributed by atoms with Gasteiger partial charge in [-0.1, -0.05) is 49.8 Å². The molecule has 114 valence electrons. The lowest BCUT2D eigenvalue weighted by Crippen LogP contribution is -2.10. The molecule has 0 atom stereocenters. The summed E-state index contributed by atoms with van der Waals surface area (Å²) in [6.07, 6.45) is 0. The molecule has 0 radical (unpaired) electrons. The molecule has 2 aromatic rings. The predicted molar refractivity (Wildman–Crippen MR) is 72.1 cm³/mol. The molecule has 21 heavy (non-hydrogen) atoms. The summed E-state index contributed by atoms with van der Waals surface area (Å²) >= 11 is 0. The highest BCUT2D eigenvalue weighted by Gasteiger charge is 2.65. The van der Waals surface area contributed by atoms with E-state index in [1.54, 1.807) is 18.2 Å². The van der Waals surface area contributed by atoms with Crippen molar-refractivity contribution in [2.75, 3.05) is 5.73 Å². The molecule has 0 bridgehead atoms. The van der Waals surface area contributed by atoms with E-state index < -0.39 is 26.6 Å². The normalized spacial score (nSPS) is 15.1. The summed E-state index contributed by atoms with van der Waals surface area (Å²) in [6.45, 7) is 0. The zero-order valence-electron chi connectivity index (χ0n) is 10.4. The summed E-state index contributed by atoms with van der Waals surface area (Å²) in [7, 11) is -9.80. The zero-order chi connectivity index (χ0) is 16.0. The van der Waals surface area contributed by atoms with Crippen molar-refractivity contribution in [2.45, 2.75) is 4.90 Å². The second kappa shape index (κ2) is 3.97. The third-order valence-corrected chi connectivity index (χ3v) is 3.89. The first-order valence-electron chi connectivity index (χ1n) is 5.62. The van der Waals surface area contributed by atoms with Crippen LogP contribution in [0.5, 0.6) is 0 Å². The molecule has 0 aliphatic rings. The maximum atomic E-state index is 12.6. The fraction of sp³-hybridized carbons (Fsp3) is 0. The van der Waals surface area contributed by atoms with Crippen molar-refractivity contribution in [1.29, 1.82) is 0 Å². The van der Waals surface area contributed by atoms with E-state index in [9.17, 15) is 24.2 Å². The number of halogens is 5. The summed E-state index contributed by atoms with van der Waals surface area (Å²) in [5, 5.41) is 0. The maximum absolute atomic E-state index is 12.6. The first kappa shape index (κ1) is 15.3. The summed E-state index contributed by atoms with van der Waals surface area (Å²) < 4.78 is 63.2. The number of carbonyl (C=O) groups excluding carboxylic acids is 1. The van der Waals surface area contributed by atoms with Gasteiger partial charge in [-0.25, -0.2) is 0 Å². The van der Waals surface area contributed by atoms with Crippen LogP contribution in [0.2, 0.25) is 0 Å². The lowest BCUT2D eigenvalue weighted by molar-refractivity contribution is 0.103. The van der Waals surface area contributed by atoms with Gasteiger partial charge in [-0.05, 0) is 18.2 Å². The number of nitrogen functional groups attached to an aromatic ring is 1. The van der Waals surface area contributed by atoms with Crippen LogP contribution in [0.1, 0.15) is 15.9 Å². The molecule has 0 unspecified atom stereocenters. The maximum Gasteiger partial charge on any atom is 0.310 e. The minimum absolute atomic E-state index is 0.0950. The van der Waals surface area contributed by atoms with Crippen LogP contribution in [-0.2, 0) is 0 Å². The fourth-order valence-corrected chi connectivity index (χ4v) is 2.41. The van der Waals surface area contributed by atoms with Crippen LogP contribution in [-0.4, -0.2) is 5.78 Å². The van der Waals surface area contributed by atoms with Gasteiger partial charge in [-0.2, -0.15) is 0 Å². The molecule has 2 nitrogen and oxygen atoms in total. The van der Waals surface area contributed by atoms with Crippen LogP contribution in [0.15, 0.2) is 53.4 Å². The van der Waals surface area contributed by atoms with Crippen molar-refractivity contribution >= 4 is 21.7 Å². The minimum Gasteiger partial charge on any atom is -0.398 e. The predicted octanol–water partition coefficient (Wildman–Crippen LogP) is 5.16. The Morgan fingerprint density at radius 3 is 1.95 bits per heavy atom. The largest absolute Gasteiger partial charge is 0.398 e. The molecule has 0 fully saturated rings. The molecule has 0 heterocycles. The molecule has 0 aliphatic heterocycles. The lowest BCUT2D eigenvalue weighted by atomic mass is 10.0. The second-order valence-corrected chi connectivity index (χ2v) is 6.82. The molecule has 2 N–H and O–H groups in total. The molecular formula is C13H10F5NOS. The SMILES string of the molecule is Nc1cc(S(F)(F)(F)(F)F)ccc1C(=O)c1ccccc1. The smallest absolute Gasteiger partial charge is 0.310 e. The van der Waals surface area contributed by atoms with Gasteiger partial charge in [-0.15, -0.1) is 0 Å². The van der Waals surface area contributed by atoms with Gasteiger partial charge in [0.25, 0.3) is 0 Å². The van der Waals surface area contributed by atoms with Gasteiger partial charge >= 0.3 is 10.2 Å². The van der Waals surface area contributed by atoms with Gasteiger partial charge in [0.05, 0.1) is 0 Å². The highest BCUT2D eigenvalue weighted by molar-refractivity contribution is 8.45. The summed E-state index contributed by atoms with van der Waals surface area (Å²) in [5.41, 5.74) is 4.64. The van der Waals surface area contributed by atoms with Crippen molar-refractivity contribution in [2.24, 2.45) is 0 Å². The van der Waals surface area contributed by atoms with Gasteiger partial charge in [0.1, 0.15) is 4.90 Å². The molecular weight excluding hydrogens is 313 g/mol. The van der Waals surface area contributed by atoms with Gasteiger partial charge < -0.3 is 5.73 Å². The third-order valence-electron chi connectivity index (χ3n) is 2.75. The number of benzene rings is 2. The molecule has 8 heteroatoms. The molecule has 0 saturated carbocycles. The fourth-order valence-electron chi connectivity index (χ4n) is 1.73. The number of ketones is 1. The monoisotopic (exact) mass is 323 g/mol. The molecule has 0 aromatic heterocycles. The van der Waals surface area contributed by atoms with Gasteiger partial charge in [-0.3, -0.25) is 4.79 Å². The van der Waals surface area contributed by atoms with E-state index in [0.717, 1.165) is 0 Å². The Morgan fingerprint density at radius 1 is 0.905 bits per heavy atom. The Hall–Kier alpha value is -2.09. The number of nitrogens with two attached hydrogens (primary N) is 1. The highest BCUT2D eigenvalue weighted by atomic mass is 32.5. The number of rotatable bonds is 3. The summed E-state index contributed by atoms with van der Waals surface area (Å²) in [5.74, 6) is -0.637. The lowest BCUT2D eigenvalue weighted by Gasteiger charge is -2.40. The molecule has 0 saturated heterocycles. The third kappa shape index (κ3) is 3.33. The van der Waals surface area contributed by atoms with Crippen molar-refractivity contribution < 1.29 is 24.2 Å². The number of hydrogen-bond donors (Lipinski definition) is 1. The average Bonchev–Trinajstić information content (AvgIpc) is 2.36. The van der Waals surface area contributed by atoms with E-state index in [0.29, 0.717) is 6.07 Å². The van der Waals surface area contributed by atoms with Crippen molar-refractivity contribution in [3.8, 4) is 0 Å². The molecule has 0 spiro atoms. The quantitative estimate of drug-likeness (QED) is 0.482. The van der Waals surface area contributed by atoms with Crippen LogP contribution in [0, 0.1) is 0 Å². The Labute approximate surface area is 117 Å². The topological polar surface area (TPSA) is 43.1 Å². The van der Waals surface area contributed by atoms with E-state index in [4.69, 9.17) is 5.73 Å². The molecule has 2 aromatic carbocycles. The van der Waals surface area contributed by atoms with Crippen molar-refractivity contribution in [3.63, 3.8) is 0 Å². The van der Waals surface area contributed by atoms with E-state index in [1.807, 2.05) is 0 Å². The summed E-state index contributed by atoms with van der Waals surface area (Å²) in [6, 6.07) is 8.60. The van der Waals surface area contributed by atoms with Crippen LogP contribution in [0.25, 0.3) is 0 Å². The first-order chi connectivity index (χ1) is 9.38. The van der Waals surface area contributed by atoms with Crippen LogP contribution < -0.4 is 5.73 Å². The standard InChI is InChI=1S/C13H10F5NOS/c14-21(15,16,17,18)10-6-7-11(12(19)8-10)13(20)9-4-2-1-3-5-9/h1-8H,19H2. The molecule has 0 aliphatic carbocycles. The Kier molecular flexibility index (Phi) is 2.89. The Morgan fingerprint density at radius 2 is 1.48 bits per heavy atom. The Balaban J connectivity index is 2.50. The van der Waals surface area contributed by atoms with Gasteiger partial charge in [0, 0.05) is 16.8 Å². The second-order valence-electron chi connectivity index (χ2n) is 4.41. The van der Waals surface area contributed by atoms with Crippen LogP contribution >= 0.6 is 10.2 Å². The minimum atomic E-state index is -9.80. The van der Waals surface area contributed by atoms with E-state index in [1.165, 1.54) is 12.1 Å². The molecule has 0 amide bonds. The van der Waals surface area contributed by atoms with Gasteiger partial charge in [0.15, 0.2) is 5.78 Å². The van der Waals surface area contributed by atoms with Crippen LogP contribution in [0.3, 0.4) is 0 Å². The first-order valence-corrected chi connectivity index (χ1v) is 7.57. The van der Waals surface area contributed by atoms with Crippen LogP contribution in [0.4, 0.5) is 25.1 Å². The van der Waals surface area contributed by atoms with Gasteiger partial charge in [0.2, 0.25) is 0 Å². The number of hydrogen-bond acceptors (Lipinski definition) is 2. The zero-order valence-corrected chi connectivity index (χ0v) is 11.2. The Bertz CT molecular complexity index is 713. The van der Waals surface area contributed by atoms with Crippen molar-refractivity contribution in [3.05, 3.63) is 59.7 Å². The van der Waals surface area contributed by atoms with E-state index >= 15 is 0 Å². The van der Waals surface area contributed by atoms with E-state index in [-0.39, 0.29) is 23.3 Å². The van der Waals surface area contributed by atoms with E-state index in [2.05, 4.69) is 0 Å². The van der Waals surface area contributed by atoms with Crippen molar-refractivity contribution in [1.82, 2.24) is 0 Å². The number of carbonyl (C=O) groups is 1.